The Bertz CT molecular complexity index is 954. The summed E-state index contributed by atoms with van der Waals surface area (Å²) in [5.74, 6) is 1.38. The van der Waals surface area contributed by atoms with E-state index in [9.17, 15) is 9.59 Å². The van der Waals surface area contributed by atoms with Crippen LogP contribution in [0.15, 0.2) is 23.6 Å². The summed E-state index contributed by atoms with van der Waals surface area (Å²) < 4.78 is 10.7. The number of amides is 2. The summed E-state index contributed by atoms with van der Waals surface area (Å²) in [4.78, 5) is 33.3. The van der Waals surface area contributed by atoms with Gasteiger partial charge in [-0.15, -0.1) is 11.3 Å². The number of piperazine rings is 1. The van der Waals surface area contributed by atoms with Gasteiger partial charge >= 0.3 is 0 Å². The summed E-state index contributed by atoms with van der Waals surface area (Å²) in [5.41, 5.74) is 1.58. The third kappa shape index (κ3) is 5.96. The molecule has 1 saturated carbocycles. The summed E-state index contributed by atoms with van der Waals surface area (Å²) >= 11 is 1.38. The number of carbonyl (C=O) groups is 2. The molecule has 2 amide bonds. The lowest BCUT2D eigenvalue weighted by Crippen LogP contribution is -2.51. The molecule has 2 heterocycles. The molecule has 0 atom stereocenters. The molecule has 10 heteroatoms. The predicted molar refractivity (Wildman–Crippen MR) is 123 cm³/mol. The average Bonchev–Trinajstić information content (AvgIpc) is 3.49. The molecule has 0 radical (unpaired) electrons. The first-order chi connectivity index (χ1) is 15.5. The molecule has 1 aliphatic heterocycles. The summed E-state index contributed by atoms with van der Waals surface area (Å²) in [7, 11) is 3.21. The summed E-state index contributed by atoms with van der Waals surface area (Å²) in [5, 5.41) is 8.36. The second-order valence-corrected chi connectivity index (χ2v) is 8.90. The number of hydrogen-bond acceptors (Lipinski definition) is 8. The van der Waals surface area contributed by atoms with Crippen molar-refractivity contribution < 1.29 is 19.1 Å². The average molecular weight is 460 g/mol. The molecule has 2 fully saturated rings. The molecule has 1 aromatic heterocycles. The minimum Gasteiger partial charge on any atom is -0.497 e. The SMILES string of the molecule is COc1ccc(-c2csc(NC(=O)CN3CCN(CC(=O)NC4CC4)CC3)n2)c(OC)c1. The molecule has 1 aliphatic carbocycles. The number of nitrogens with one attached hydrogen (secondary N) is 2. The van der Waals surface area contributed by atoms with E-state index in [0.29, 0.717) is 35.8 Å². The minimum atomic E-state index is -0.0903. The van der Waals surface area contributed by atoms with Gasteiger partial charge in [-0.1, -0.05) is 0 Å². The monoisotopic (exact) mass is 459 g/mol. The van der Waals surface area contributed by atoms with Gasteiger partial charge in [-0.25, -0.2) is 4.98 Å². The highest BCUT2D eigenvalue weighted by atomic mass is 32.1. The Labute approximate surface area is 191 Å². The maximum absolute atomic E-state index is 12.5. The topological polar surface area (TPSA) is 96.0 Å². The van der Waals surface area contributed by atoms with Gasteiger partial charge in [0.1, 0.15) is 11.5 Å². The van der Waals surface area contributed by atoms with Crippen molar-refractivity contribution in [3.8, 4) is 22.8 Å². The quantitative estimate of drug-likeness (QED) is 0.589. The second kappa shape index (κ2) is 10.3. The van der Waals surface area contributed by atoms with E-state index in [2.05, 4.69) is 25.4 Å². The van der Waals surface area contributed by atoms with E-state index in [-0.39, 0.29) is 11.8 Å². The van der Waals surface area contributed by atoms with E-state index >= 15 is 0 Å². The van der Waals surface area contributed by atoms with Gasteiger partial charge in [0, 0.05) is 49.2 Å². The Morgan fingerprint density at radius 3 is 2.38 bits per heavy atom. The Balaban J connectivity index is 1.25. The van der Waals surface area contributed by atoms with Crippen molar-refractivity contribution in [3.63, 3.8) is 0 Å². The number of rotatable bonds is 9. The zero-order chi connectivity index (χ0) is 22.5. The molecule has 0 bridgehead atoms. The van der Waals surface area contributed by atoms with Gasteiger partial charge < -0.3 is 20.1 Å². The van der Waals surface area contributed by atoms with Crippen molar-refractivity contribution in [1.29, 1.82) is 0 Å². The van der Waals surface area contributed by atoms with E-state index in [1.165, 1.54) is 11.3 Å². The third-order valence-corrected chi connectivity index (χ3v) is 6.33. The fraction of sp³-hybridized carbons (Fsp3) is 0.500. The number of methoxy groups -OCH3 is 2. The van der Waals surface area contributed by atoms with Crippen LogP contribution in [-0.4, -0.2) is 86.1 Å². The lowest BCUT2D eigenvalue weighted by molar-refractivity contribution is -0.123. The van der Waals surface area contributed by atoms with Gasteiger partial charge in [0.05, 0.1) is 33.0 Å². The molecule has 172 valence electrons. The van der Waals surface area contributed by atoms with Crippen LogP contribution in [0.25, 0.3) is 11.3 Å². The van der Waals surface area contributed by atoms with E-state index in [0.717, 1.165) is 50.3 Å². The Kier molecular flexibility index (Phi) is 7.23. The summed E-state index contributed by atoms with van der Waals surface area (Å²) in [6, 6.07) is 5.94. The number of ether oxygens (including phenoxy) is 2. The standard InChI is InChI=1S/C22H29N5O4S/c1-30-16-5-6-17(19(11-16)31-2)18-14-32-22(24-18)25-21(29)13-27-9-7-26(8-10-27)12-20(28)23-15-3-4-15/h5-6,11,14-15H,3-4,7-10,12-13H2,1-2H3,(H,23,28)(H,24,25,29). The Morgan fingerprint density at radius 1 is 1.06 bits per heavy atom. The van der Waals surface area contributed by atoms with Gasteiger partial charge in [0.15, 0.2) is 5.13 Å². The van der Waals surface area contributed by atoms with E-state index in [1.54, 1.807) is 14.2 Å². The first kappa shape index (κ1) is 22.5. The number of thiazole rings is 1. The van der Waals surface area contributed by atoms with Crippen molar-refractivity contribution in [2.45, 2.75) is 18.9 Å². The zero-order valence-corrected chi connectivity index (χ0v) is 19.2. The van der Waals surface area contributed by atoms with Crippen LogP contribution in [0.2, 0.25) is 0 Å². The lowest BCUT2D eigenvalue weighted by atomic mass is 10.1. The largest absolute Gasteiger partial charge is 0.497 e. The van der Waals surface area contributed by atoms with E-state index in [1.807, 2.05) is 23.6 Å². The highest BCUT2D eigenvalue weighted by molar-refractivity contribution is 7.14. The molecule has 0 spiro atoms. The Morgan fingerprint density at radius 2 is 1.75 bits per heavy atom. The van der Waals surface area contributed by atoms with Crippen LogP contribution >= 0.6 is 11.3 Å². The number of carbonyl (C=O) groups excluding carboxylic acids is 2. The summed E-state index contributed by atoms with van der Waals surface area (Å²) in [6.45, 7) is 3.83. The van der Waals surface area contributed by atoms with Crippen LogP contribution in [0.1, 0.15) is 12.8 Å². The Hall–Kier alpha value is -2.69. The van der Waals surface area contributed by atoms with Gasteiger partial charge in [-0.2, -0.15) is 0 Å². The molecule has 9 nitrogen and oxygen atoms in total. The van der Waals surface area contributed by atoms with Gasteiger partial charge in [-0.05, 0) is 25.0 Å². The first-order valence-electron chi connectivity index (χ1n) is 10.8. The molecule has 2 aromatic rings. The number of nitrogens with zero attached hydrogens (tertiary/aromatic N) is 3. The van der Waals surface area contributed by atoms with Crippen molar-refractivity contribution in [2.24, 2.45) is 0 Å². The first-order valence-corrected chi connectivity index (χ1v) is 11.6. The maximum atomic E-state index is 12.5. The number of hydrogen-bond donors (Lipinski definition) is 2. The molecule has 32 heavy (non-hydrogen) atoms. The minimum absolute atomic E-state index is 0.0903. The lowest BCUT2D eigenvalue weighted by Gasteiger charge is -2.33. The molecule has 1 aromatic carbocycles. The molecule has 1 saturated heterocycles. The molecular weight excluding hydrogens is 430 g/mol. The van der Waals surface area contributed by atoms with E-state index in [4.69, 9.17) is 9.47 Å². The zero-order valence-electron chi connectivity index (χ0n) is 18.4. The number of benzene rings is 1. The maximum Gasteiger partial charge on any atom is 0.240 e. The van der Waals surface area contributed by atoms with Crippen LogP contribution in [0, 0.1) is 0 Å². The normalized spacial score (nSPS) is 17.1. The van der Waals surface area contributed by atoms with E-state index < -0.39 is 0 Å². The van der Waals surface area contributed by atoms with Crippen LogP contribution in [0.4, 0.5) is 5.13 Å². The second-order valence-electron chi connectivity index (χ2n) is 8.05. The molecule has 0 unspecified atom stereocenters. The van der Waals surface area contributed by atoms with Crippen LogP contribution in [0.3, 0.4) is 0 Å². The third-order valence-electron chi connectivity index (χ3n) is 5.58. The fourth-order valence-electron chi connectivity index (χ4n) is 3.64. The van der Waals surface area contributed by atoms with Crippen LogP contribution in [-0.2, 0) is 9.59 Å². The van der Waals surface area contributed by atoms with Crippen molar-refractivity contribution in [2.75, 3.05) is 58.8 Å². The summed E-state index contributed by atoms with van der Waals surface area (Å²) in [6.07, 6.45) is 2.20. The number of anilines is 1. The van der Waals surface area contributed by atoms with Gasteiger partial charge in [0.2, 0.25) is 11.8 Å². The van der Waals surface area contributed by atoms with Gasteiger partial charge in [0.25, 0.3) is 0 Å². The smallest absolute Gasteiger partial charge is 0.240 e. The molecule has 4 rings (SSSR count). The highest BCUT2D eigenvalue weighted by Crippen LogP contribution is 2.34. The molecular formula is C22H29N5O4S. The van der Waals surface area contributed by atoms with Crippen LogP contribution in [0.5, 0.6) is 11.5 Å². The van der Waals surface area contributed by atoms with Crippen molar-refractivity contribution in [1.82, 2.24) is 20.1 Å². The van der Waals surface area contributed by atoms with Gasteiger partial charge in [-0.3, -0.25) is 19.4 Å². The fourth-order valence-corrected chi connectivity index (χ4v) is 4.36. The van der Waals surface area contributed by atoms with Crippen molar-refractivity contribution >= 4 is 28.3 Å². The highest BCUT2D eigenvalue weighted by Gasteiger charge is 2.25. The molecule has 2 aliphatic rings. The van der Waals surface area contributed by atoms with Crippen LogP contribution < -0.4 is 20.1 Å². The number of aromatic nitrogens is 1. The predicted octanol–water partition coefficient (Wildman–Crippen LogP) is 1.66. The molecule has 2 N–H and O–H groups in total. The van der Waals surface area contributed by atoms with Crippen molar-refractivity contribution in [3.05, 3.63) is 23.6 Å².